The third-order valence-corrected chi connectivity index (χ3v) is 4.32. The average molecular weight is 399 g/mol. The Hall–Kier alpha value is -3.75. The standard InChI is InChI=1S/C20H21N3O6/c1-27-16-10-9-13(12-17(16)28-2)19(25)22-21-18(24)8-5-11-23-14-6-3-4-7-15(14)29-20(23)26/h3-4,6-7,9-10,12H,5,8,11H2,1-2H3,(H,21,24)(H,22,25). The average Bonchev–Trinajstić information content (AvgIpc) is 3.06. The Morgan fingerprint density at radius 3 is 2.55 bits per heavy atom. The fourth-order valence-electron chi connectivity index (χ4n) is 2.86. The molecule has 3 rings (SSSR count). The zero-order valence-corrected chi connectivity index (χ0v) is 16.1. The lowest BCUT2D eigenvalue weighted by Gasteiger charge is -2.10. The van der Waals surface area contributed by atoms with Crippen molar-refractivity contribution in [2.24, 2.45) is 0 Å². The number of rotatable bonds is 7. The molecule has 1 heterocycles. The first-order valence-corrected chi connectivity index (χ1v) is 8.93. The number of aromatic nitrogens is 1. The lowest BCUT2D eigenvalue weighted by molar-refractivity contribution is -0.122. The van der Waals surface area contributed by atoms with Crippen molar-refractivity contribution in [2.45, 2.75) is 19.4 Å². The minimum absolute atomic E-state index is 0.123. The fourth-order valence-corrected chi connectivity index (χ4v) is 2.86. The van der Waals surface area contributed by atoms with Gasteiger partial charge in [0.25, 0.3) is 5.91 Å². The molecule has 29 heavy (non-hydrogen) atoms. The summed E-state index contributed by atoms with van der Waals surface area (Å²) in [7, 11) is 2.97. The van der Waals surface area contributed by atoms with E-state index in [1.54, 1.807) is 30.3 Å². The molecule has 0 atom stereocenters. The van der Waals surface area contributed by atoms with Gasteiger partial charge in [0.05, 0.1) is 19.7 Å². The summed E-state index contributed by atoms with van der Waals surface area (Å²) in [4.78, 5) is 36.1. The Morgan fingerprint density at radius 1 is 1.03 bits per heavy atom. The Kier molecular flexibility index (Phi) is 6.18. The molecule has 0 radical (unpaired) electrons. The minimum Gasteiger partial charge on any atom is -0.493 e. The van der Waals surface area contributed by atoms with E-state index in [9.17, 15) is 14.4 Å². The molecule has 0 aliphatic carbocycles. The summed E-state index contributed by atoms with van der Waals surface area (Å²) in [5.41, 5.74) is 6.20. The van der Waals surface area contributed by atoms with Crippen LogP contribution in [0.1, 0.15) is 23.2 Å². The summed E-state index contributed by atoms with van der Waals surface area (Å²) in [6.45, 7) is 0.326. The van der Waals surface area contributed by atoms with Gasteiger partial charge in [-0.25, -0.2) is 4.79 Å². The maximum absolute atomic E-state index is 12.2. The largest absolute Gasteiger partial charge is 0.493 e. The molecular weight excluding hydrogens is 378 g/mol. The van der Waals surface area contributed by atoms with Gasteiger partial charge < -0.3 is 13.9 Å². The molecule has 152 valence electrons. The number of methoxy groups -OCH3 is 2. The number of carbonyl (C=O) groups is 2. The normalized spacial score (nSPS) is 10.6. The lowest BCUT2D eigenvalue weighted by Crippen LogP contribution is -2.41. The molecule has 0 fully saturated rings. The maximum Gasteiger partial charge on any atom is 0.419 e. The van der Waals surface area contributed by atoms with Gasteiger partial charge >= 0.3 is 5.76 Å². The molecule has 9 heteroatoms. The first-order valence-electron chi connectivity index (χ1n) is 8.93. The SMILES string of the molecule is COc1ccc(C(=O)NNC(=O)CCCn2c(=O)oc3ccccc32)cc1OC. The third kappa shape index (κ3) is 4.57. The molecule has 0 aliphatic heterocycles. The highest BCUT2D eigenvalue weighted by Crippen LogP contribution is 2.27. The monoisotopic (exact) mass is 399 g/mol. The first-order chi connectivity index (χ1) is 14.0. The number of amides is 2. The molecule has 1 aromatic heterocycles. The van der Waals surface area contributed by atoms with E-state index in [-0.39, 0.29) is 12.3 Å². The Morgan fingerprint density at radius 2 is 1.79 bits per heavy atom. The number of aryl methyl sites for hydroxylation is 1. The number of hydrogen-bond acceptors (Lipinski definition) is 6. The highest BCUT2D eigenvalue weighted by molar-refractivity contribution is 5.96. The summed E-state index contributed by atoms with van der Waals surface area (Å²) in [6.07, 6.45) is 0.527. The van der Waals surface area contributed by atoms with Gasteiger partial charge in [-0.2, -0.15) is 0 Å². The predicted molar refractivity (Wildman–Crippen MR) is 105 cm³/mol. The quantitative estimate of drug-likeness (QED) is 0.587. The van der Waals surface area contributed by atoms with Gasteiger partial charge in [0.2, 0.25) is 5.91 Å². The van der Waals surface area contributed by atoms with Gasteiger partial charge in [0.1, 0.15) is 0 Å². The number of carbonyl (C=O) groups excluding carboxylic acids is 2. The van der Waals surface area contributed by atoms with Gasteiger partial charge in [-0.1, -0.05) is 12.1 Å². The van der Waals surface area contributed by atoms with Crippen LogP contribution in [0.25, 0.3) is 11.1 Å². The van der Waals surface area contributed by atoms with Gasteiger partial charge in [0, 0.05) is 18.5 Å². The van der Waals surface area contributed by atoms with Gasteiger partial charge in [-0.05, 0) is 36.8 Å². The number of nitrogens with one attached hydrogen (secondary N) is 2. The van der Waals surface area contributed by atoms with Crippen LogP contribution in [0, 0.1) is 0 Å². The molecule has 2 amide bonds. The van der Waals surface area contributed by atoms with Gasteiger partial charge in [-0.15, -0.1) is 0 Å². The van der Waals surface area contributed by atoms with Crippen molar-refractivity contribution in [1.29, 1.82) is 0 Å². The number of nitrogens with zero attached hydrogens (tertiary/aromatic N) is 1. The summed E-state index contributed by atoms with van der Waals surface area (Å²) >= 11 is 0. The molecule has 0 spiro atoms. The maximum atomic E-state index is 12.2. The molecule has 0 aliphatic rings. The number of para-hydroxylation sites is 2. The zero-order chi connectivity index (χ0) is 20.8. The molecule has 9 nitrogen and oxygen atoms in total. The van der Waals surface area contributed by atoms with Crippen LogP contribution in [0.4, 0.5) is 0 Å². The van der Waals surface area contributed by atoms with E-state index in [1.807, 2.05) is 6.07 Å². The highest BCUT2D eigenvalue weighted by atomic mass is 16.5. The zero-order valence-electron chi connectivity index (χ0n) is 16.1. The molecule has 3 aromatic rings. The van der Waals surface area contributed by atoms with Crippen LogP contribution >= 0.6 is 0 Å². The van der Waals surface area contributed by atoms with Crippen LogP contribution in [0.15, 0.2) is 51.7 Å². The fraction of sp³-hybridized carbons (Fsp3) is 0.250. The molecular formula is C20H21N3O6. The Labute approximate surface area is 166 Å². The number of oxazole rings is 1. The van der Waals surface area contributed by atoms with E-state index in [2.05, 4.69) is 10.9 Å². The Bertz CT molecular complexity index is 1090. The Balaban J connectivity index is 1.50. The third-order valence-electron chi connectivity index (χ3n) is 4.32. The minimum atomic E-state index is -0.489. The van der Waals surface area contributed by atoms with Crippen LogP contribution in [0.2, 0.25) is 0 Å². The van der Waals surface area contributed by atoms with E-state index in [0.29, 0.717) is 41.1 Å². The van der Waals surface area contributed by atoms with Crippen molar-refractivity contribution in [1.82, 2.24) is 15.4 Å². The van der Waals surface area contributed by atoms with Crippen LogP contribution in [0.5, 0.6) is 11.5 Å². The van der Waals surface area contributed by atoms with Crippen molar-refractivity contribution in [3.05, 3.63) is 58.6 Å². The second kappa shape index (κ2) is 8.96. The number of ether oxygens (including phenoxy) is 2. The van der Waals surface area contributed by atoms with Crippen molar-refractivity contribution >= 4 is 22.9 Å². The number of hydrogen-bond donors (Lipinski definition) is 2. The van der Waals surface area contributed by atoms with Crippen LogP contribution in [-0.4, -0.2) is 30.6 Å². The molecule has 2 aromatic carbocycles. The van der Waals surface area contributed by atoms with Gasteiger partial charge in [-0.3, -0.25) is 25.0 Å². The molecule has 0 unspecified atom stereocenters. The summed E-state index contributed by atoms with van der Waals surface area (Å²) < 4.78 is 16.9. The first kappa shape index (κ1) is 20.0. The molecule has 2 N–H and O–H groups in total. The number of hydrazine groups is 1. The summed E-state index contributed by atoms with van der Waals surface area (Å²) in [5.74, 6) is -0.427. The van der Waals surface area contributed by atoms with E-state index >= 15 is 0 Å². The van der Waals surface area contributed by atoms with Crippen molar-refractivity contribution in [3.8, 4) is 11.5 Å². The van der Waals surface area contributed by atoms with E-state index in [1.165, 1.54) is 24.9 Å². The molecule has 0 bridgehead atoms. The van der Waals surface area contributed by atoms with Crippen molar-refractivity contribution < 1.29 is 23.5 Å². The second-order valence-electron chi connectivity index (χ2n) is 6.16. The molecule has 0 saturated carbocycles. The van der Waals surface area contributed by atoms with Gasteiger partial charge in [0.15, 0.2) is 17.1 Å². The second-order valence-corrected chi connectivity index (χ2v) is 6.16. The highest BCUT2D eigenvalue weighted by Gasteiger charge is 2.12. The van der Waals surface area contributed by atoms with E-state index in [0.717, 1.165) is 0 Å². The topological polar surface area (TPSA) is 112 Å². The number of fused-ring (bicyclic) bond motifs is 1. The summed E-state index contributed by atoms with van der Waals surface area (Å²) in [6, 6.07) is 11.8. The van der Waals surface area contributed by atoms with E-state index < -0.39 is 11.7 Å². The molecule has 0 saturated heterocycles. The number of benzene rings is 2. The predicted octanol–water partition coefficient (Wildman–Crippen LogP) is 1.85. The van der Waals surface area contributed by atoms with Crippen LogP contribution in [-0.2, 0) is 11.3 Å². The lowest BCUT2D eigenvalue weighted by atomic mass is 10.2. The van der Waals surface area contributed by atoms with Crippen molar-refractivity contribution in [3.63, 3.8) is 0 Å². The van der Waals surface area contributed by atoms with Crippen LogP contribution < -0.4 is 26.1 Å². The smallest absolute Gasteiger partial charge is 0.419 e. The van der Waals surface area contributed by atoms with E-state index in [4.69, 9.17) is 13.9 Å². The van der Waals surface area contributed by atoms with Crippen molar-refractivity contribution in [2.75, 3.05) is 14.2 Å². The van der Waals surface area contributed by atoms with Crippen LogP contribution in [0.3, 0.4) is 0 Å². The summed E-state index contributed by atoms with van der Waals surface area (Å²) in [5, 5.41) is 0.